The van der Waals surface area contributed by atoms with Crippen LogP contribution in [0.4, 0.5) is 10.6 Å². The predicted molar refractivity (Wildman–Crippen MR) is 119 cm³/mol. The second kappa shape index (κ2) is 9.37. The van der Waals surface area contributed by atoms with Crippen LogP contribution < -0.4 is 15.4 Å². The van der Waals surface area contributed by atoms with Crippen molar-refractivity contribution in [1.29, 1.82) is 0 Å². The normalized spacial score (nSPS) is 14.6. The van der Waals surface area contributed by atoms with E-state index in [1.165, 1.54) is 7.11 Å². The van der Waals surface area contributed by atoms with E-state index in [2.05, 4.69) is 25.8 Å². The number of rotatable bonds is 6. The second-order valence-corrected chi connectivity index (χ2v) is 7.91. The van der Waals surface area contributed by atoms with Gasteiger partial charge in [0, 0.05) is 25.4 Å². The van der Waals surface area contributed by atoms with Crippen molar-refractivity contribution in [3.8, 4) is 23.0 Å². The van der Waals surface area contributed by atoms with Gasteiger partial charge < -0.3 is 14.0 Å². The summed E-state index contributed by atoms with van der Waals surface area (Å²) in [4.78, 5) is 33.4. The van der Waals surface area contributed by atoms with Gasteiger partial charge >= 0.3 is 6.03 Å². The quantitative estimate of drug-likeness (QED) is 0.572. The average Bonchev–Trinajstić information content (AvgIpc) is 3.46. The number of nitrogens with one attached hydrogen (secondary N) is 2. The number of carbonyl (C=O) groups is 2. The van der Waals surface area contributed by atoms with E-state index in [9.17, 15) is 9.59 Å². The van der Waals surface area contributed by atoms with Crippen molar-refractivity contribution in [2.24, 2.45) is 0 Å². The molecule has 1 fully saturated rings. The summed E-state index contributed by atoms with van der Waals surface area (Å²) >= 11 is 0. The highest BCUT2D eigenvalue weighted by Gasteiger charge is 2.42. The second-order valence-electron chi connectivity index (χ2n) is 7.91. The predicted octanol–water partition coefficient (Wildman–Crippen LogP) is 4.15. The lowest BCUT2D eigenvalue weighted by Gasteiger charge is -2.25. The van der Waals surface area contributed by atoms with Crippen LogP contribution in [-0.4, -0.2) is 39.8 Å². The molecule has 0 aliphatic heterocycles. The fraction of sp³-hybridized carbons (Fsp3) is 0.348. The van der Waals surface area contributed by atoms with Crippen LogP contribution in [-0.2, 0) is 9.53 Å². The molecule has 1 saturated carbocycles. The molecular formula is C23H25N5O5. The summed E-state index contributed by atoms with van der Waals surface area (Å²) in [6, 6.07) is 7.86. The van der Waals surface area contributed by atoms with Crippen molar-refractivity contribution >= 4 is 17.8 Å². The molecule has 3 aromatic rings. The highest BCUT2D eigenvalue weighted by molar-refractivity contribution is 6.03. The minimum atomic E-state index is -0.938. The maximum Gasteiger partial charge on any atom is 0.327 e. The van der Waals surface area contributed by atoms with E-state index in [0.29, 0.717) is 41.5 Å². The van der Waals surface area contributed by atoms with Gasteiger partial charge in [0.2, 0.25) is 0 Å². The van der Waals surface area contributed by atoms with E-state index in [4.69, 9.17) is 14.0 Å². The Balaban J connectivity index is 1.40. The lowest BCUT2D eigenvalue weighted by Crippen LogP contribution is -2.49. The number of hydrogen-bond donors (Lipinski definition) is 2. The molecular weight excluding hydrogens is 426 g/mol. The van der Waals surface area contributed by atoms with Crippen molar-refractivity contribution in [3.05, 3.63) is 47.9 Å². The van der Waals surface area contributed by atoms with Crippen LogP contribution in [0.25, 0.3) is 11.5 Å². The Hall–Kier alpha value is -3.79. The van der Waals surface area contributed by atoms with E-state index in [1.807, 2.05) is 6.92 Å². The van der Waals surface area contributed by atoms with Crippen molar-refractivity contribution in [3.63, 3.8) is 0 Å². The van der Waals surface area contributed by atoms with Crippen molar-refractivity contribution in [2.45, 2.75) is 45.1 Å². The molecule has 2 N–H and O–H groups in total. The number of carbonyl (C=O) groups excluding carboxylic acids is 2. The molecule has 0 aromatic carbocycles. The molecule has 3 amide bonds. The summed E-state index contributed by atoms with van der Waals surface area (Å²) in [5, 5.41) is 8.80. The molecule has 10 heteroatoms. The average molecular weight is 451 g/mol. The van der Waals surface area contributed by atoms with Crippen molar-refractivity contribution < 1.29 is 23.6 Å². The number of methoxy groups -OCH3 is 1. The van der Waals surface area contributed by atoms with Crippen LogP contribution in [0.3, 0.4) is 0 Å². The van der Waals surface area contributed by atoms with Gasteiger partial charge in [-0.2, -0.15) is 0 Å². The standard InChI is InChI=1S/C23H25N5O5/c1-14-12-19(33-28-14)17-13-16(8-11-24-17)32-18-6-7-20(25-15(18)2)26-22(30)27-21(29)23(31-3)9-4-5-10-23/h6-8,11-13H,4-5,9-10H2,1-3H3,(H2,25,26,27,29,30). The third-order valence-corrected chi connectivity index (χ3v) is 5.56. The van der Waals surface area contributed by atoms with Gasteiger partial charge in [-0.25, -0.2) is 9.78 Å². The van der Waals surface area contributed by atoms with Crippen LogP contribution in [0.2, 0.25) is 0 Å². The highest BCUT2D eigenvalue weighted by atomic mass is 16.5. The maximum atomic E-state index is 12.5. The van der Waals surface area contributed by atoms with Crippen molar-refractivity contribution in [2.75, 3.05) is 12.4 Å². The first kappa shape index (κ1) is 22.4. The molecule has 0 unspecified atom stereocenters. The lowest BCUT2D eigenvalue weighted by molar-refractivity contribution is -0.141. The Morgan fingerprint density at radius 1 is 1.12 bits per heavy atom. The van der Waals surface area contributed by atoms with E-state index >= 15 is 0 Å². The Morgan fingerprint density at radius 2 is 1.91 bits per heavy atom. The minimum Gasteiger partial charge on any atom is -0.455 e. The molecule has 0 radical (unpaired) electrons. The Labute approximate surface area is 190 Å². The fourth-order valence-electron chi connectivity index (χ4n) is 3.78. The van der Waals surface area contributed by atoms with Gasteiger partial charge in [0.05, 0.1) is 11.4 Å². The fourth-order valence-corrected chi connectivity index (χ4v) is 3.78. The molecule has 0 atom stereocenters. The molecule has 33 heavy (non-hydrogen) atoms. The number of nitrogens with zero attached hydrogens (tertiary/aromatic N) is 3. The molecule has 1 aliphatic rings. The summed E-state index contributed by atoms with van der Waals surface area (Å²) in [6.45, 7) is 3.59. The number of aromatic nitrogens is 3. The third-order valence-electron chi connectivity index (χ3n) is 5.56. The van der Waals surface area contributed by atoms with E-state index in [0.717, 1.165) is 18.5 Å². The maximum absolute atomic E-state index is 12.5. The van der Waals surface area contributed by atoms with Crippen LogP contribution in [0.15, 0.2) is 41.1 Å². The summed E-state index contributed by atoms with van der Waals surface area (Å²) in [7, 11) is 1.49. The number of hydrogen-bond acceptors (Lipinski definition) is 8. The molecule has 4 rings (SSSR count). The number of ether oxygens (including phenoxy) is 2. The third kappa shape index (κ3) is 5.01. The zero-order valence-electron chi connectivity index (χ0n) is 18.7. The van der Waals surface area contributed by atoms with Gasteiger partial charge in [0.1, 0.15) is 28.6 Å². The van der Waals surface area contributed by atoms with Gasteiger partial charge in [0.25, 0.3) is 5.91 Å². The topological polar surface area (TPSA) is 128 Å². The lowest BCUT2D eigenvalue weighted by atomic mass is 10.0. The van der Waals surface area contributed by atoms with Crippen LogP contribution in [0.5, 0.6) is 11.5 Å². The van der Waals surface area contributed by atoms with Gasteiger partial charge in [-0.05, 0) is 57.7 Å². The van der Waals surface area contributed by atoms with Crippen LogP contribution in [0, 0.1) is 13.8 Å². The largest absolute Gasteiger partial charge is 0.455 e. The summed E-state index contributed by atoms with van der Waals surface area (Å²) in [5.74, 6) is 1.44. The Bertz CT molecular complexity index is 1170. The first-order valence-corrected chi connectivity index (χ1v) is 10.6. The number of urea groups is 1. The van der Waals surface area contributed by atoms with Crippen LogP contribution in [0.1, 0.15) is 37.1 Å². The van der Waals surface area contributed by atoms with Gasteiger partial charge in [-0.15, -0.1) is 0 Å². The zero-order chi connectivity index (χ0) is 23.4. The monoisotopic (exact) mass is 451 g/mol. The number of aryl methyl sites for hydroxylation is 2. The first-order valence-electron chi connectivity index (χ1n) is 10.6. The van der Waals surface area contributed by atoms with E-state index in [1.54, 1.807) is 43.5 Å². The van der Waals surface area contributed by atoms with Gasteiger partial charge in [0.15, 0.2) is 5.76 Å². The van der Waals surface area contributed by atoms with E-state index < -0.39 is 17.5 Å². The summed E-state index contributed by atoms with van der Waals surface area (Å²) < 4.78 is 16.6. The Kier molecular flexibility index (Phi) is 6.36. The Morgan fingerprint density at radius 3 is 2.58 bits per heavy atom. The SMILES string of the molecule is COC1(C(=O)NC(=O)Nc2ccc(Oc3ccnc(-c4cc(C)no4)c3)c(C)n2)CCCC1. The number of amides is 3. The highest BCUT2D eigenvalue weighted by Crippen LogP contribution is 2.33. The molecule has 10 nitrogen and oxygen atoms in total. The molecule has 3 heterocycles. The summed E-state index contributed by atoms with van der Waals surface area (Å²) in [5.41, 5.74) is 0.964. The number of anilines is 1. The zero-order valence-corrected chi connectivity index (χ0v) is 18.7. The summed E-state index contributed by atoms with van der Waals surface area (Å²) in [6.07, 6.45) is 4.58. The molecule has 172 valence electrons. The van der Waals surface area contributed by atoms with Gasteiger partial charge in [-0.3, -0.25) is 20.4 Å². The van der Waals surface area contributed by atoms with E-state index in [-0.39, 0.29) is 5.82 Å². The smallest absolute Gasteiger partial charge is 0.327 e. The molecule has 3 aromatic heterocycles. The molecule has 0 saturated heterocycles. The molecule has 0 spiro atoms. The van der Waals surface area contributed by atoms with Gasteiger partial charge in [-0.1, -0.05) is 5.16 Å². The van der Waals surface area contributed by atoms with Crippen molar-refractivity contribution in [1.82, 2.24) is 20.4 Å². The van der Waals surface area contributed by atoms with Crippen LogP contribution >= 0.6 is 0 Å². The number of imide groups is 1. The first-order chi connectivity index (χ1) is 15.9. The molecule has 0 bridgehead atoms. The minimum absolute atomic E-state index is 0.288. The molecule has 1 aliphatic carbocycles. The number of pyridine rings is 2.